The molecule has 0 aromatic heterocycles. The lowest BCUT2D eigenvalue weighted by Gasteiger charge is -2.39. The van der Waals surface area contributed by atoms with Gasteiger partial charge in [0.05, 0.1) is 6.54 Å². The number of piperidine rings is 1. The fourth-order valence-electron chi connectivity index (χ4n) is 4.34. The fraction of sp³-hybridized carbons (Fsp3) is 0.696. The maximum atomic E-state index is 12.9. The molecule has 0 bridgehead atoms. The number of nitrogens with one attached hydrogen (secondary N) is 2. The highest BCUT2D eigenvalue weighted by molar-refractivity contribution is 5.80. The Kier molecular flexibility index (Phi) is 9.21. The van der Waals surface area contributed by atoms with Crippen molar-refractivity contribution >= 4 is 5.96 Å². The first-order chi connectivity index (χ1) is 14.6. The van der Waals surface area contributed by atoms with Gasteiger partial charge in [0, 0.05) is 31.7 Å². The van der Waals surface area contributed by atoms with E-state index in [1.54, 1.807) is 12.1 Å². The molecule has 6 nitrogen and oxygen atoms in total. The molecule has 30 heavy (non-hydrogen) atoms. The van der Waals surface area contributed by atoms with Gasteiger partial charge in [0.15, 0.2) is 5.96 Å². The van der Waals surface area contributed by atoms with Crippen LogP contribution in [0.3, 0.4) is 0 Å². The average Bonchev–Trinajstić information content (AvgIpc) is 2.78. The lowest BCUT2D eigenvalue weighted by molar-refractivity contribution is 0.114. The van der Waals surface area contributed by atoms with Gasteiger partial charge in [0.1, 0.15) is 24.3 Å². The third-order valence-electron chi connectivity index (χ3n) is 6.02. The molecule has 1 aromatic rings. The minimum Gasteiger partial charge on any atom is -0.491 e. The van der Waals surface area contributed by atoms with Crippen molar-refractivity contribution in [3.05, 3.63) is 30.1 Å². The van der Waals surface area contributed by atoms with Crippen LogP contribution in [0.1, 0.15) is 51.9 Å². The van der Waals surface area contributed by atoms with Gasteiger partial charge in [-0.15, -0.1) is 0 Å². The Morgan fingerprint density at radius 1 is 1.17 bits per heavy atom. The van der Waals surface area contributed by atoms with Crippen LogP contribution in [0.15, 0.2) is 29.3 Å². The van der Waals surface area contributed by atoms with Crippen LogP contribution < -0.4 is 15.4 Å². The Labute approximate surface area is 179 Å². The summed E-state index contributed by atoms with van der Waals surface area (Å²) in [6.45, 7) is 5.48. The number of aliphatic hydroxyl groups is 1. The molecule has 1 aliphatic heterocycles. The molecule has 1 saturated heterocycles. The van der Waals surface area contributed by atoms with Gasteiger partial charge >= 0.3 is 0 Å². The first kappa shape index (κ1) is 22.8. The smallest absolute Gasteiger partial charge is 0.191 e. The lowest BCUT2D eigenvalue weighted by atomic mass is 9.92. The number of hydrogen-bond acceptors (Lipinski definition) is 4. The number of aliphatic imine (C=N–C) groups is 1. The molecular weight excluding hydrogens is 383 g/mol. The molecule has 1 heterocycles. The molecule has 2 fully saturated rings. The summed E-state index contributed by atoms with van der Waals surface area (Å²) >= 11 is 0. The van der Waals surface area contributed by atoms with E-state index in [0.717, 1.165) is 44.5 Å². The average molecular weight is 421 g/mol. The summed E-state index contributed by atoms with van der Waals surface area (Å²) in [5.74, 6) is 0.974. The molecule has 0 spiro atoms. The van der Waals surface area contributed by atoms with E-state index in [1.165, 1.54) is 44.2 Å². The van der Waals surface area contributed by atoms with Crippen molar-refractivity contribution < 1.29 is 14.2 Å². The largest absolute Gasteiger partial charge is 0.491 e. The number of guanidine groups is 1. The molecule has 2 aliphatic rings. The highest BCUT2D eigenvalue weighted by Crippen LogP contribution is 2.25. The quantitative estimate of drug-likeness (QED) is 0.446. The van der Waals surface area contributed by atoms with E-state index in [9.17, 15) is 9.50 Å². The summed E-state index contributed by atoms with van der Waals surface area (Å²) in [7, 11) is 0. The first-order valence-corrected chi connectivity index (χ1v) is 11.5. The number of aliphatic hydroxyl groups excluding tert-OH is 1. The van der Waals surface area contributed by atoms with E-state index in [1.807, 2.05) is 6.92 Å². The maximum Gasteiger partial charge on any atom is 0.191 e. The Bertz CT molecular complexity index is 641. The van der Waals surface area contributed by atoms with E-state index in [-0.39, 0.29) is 19.0 Å². The van der Waals surface area contributed by atoms with E-state index >= 15 is 0 Å². The van der Waals surface area contributed by atoms with Crippen LogP contribution >= 0.6 is 0 Å². The third-order valence-corrected chi connectivity index (χ3v) is 6.02. The molecule has 1 aromatic carbocycles. The van der Waals surface area contributed by atoms with Crippen LogP contribution in [0.25, 0.3) is 0 Å². The normalized spacial score (nSPS) is 20.7. The van der Waals surface area contributed by atoms with Crippen molar-refractivity contribution in [3.8, 4) is 5.75 Å². The predicted molar refractivity (Wildman–Crippen MR) is 118 cm³/mol. The summed E-state index contributed by atoms with van der Waals surface area (Å²) in [5.41, 5.74) is 0. The fourth-order valence-corrected chi connectivity index (χ4v) is 4.34. The van der Waals surface area contributed by atoms with Gasteiger partial charge in [0.25, 0.3) is 0 Å². The van der Waals surface area contributed by atoms with Gasteiger partial charge < -0.3 is 25.4 Å². The number of nitrogens with zero attached hydrogens (tertiary/aromatic N) is 2. The number of benzene rings is 1. The summed E-state index contributed by atoms with van der Waals surface area (Å²) in [4.78, 5) is 7.21. The lowest BCUT2D eigenvalue weighted by Crippen LogP contribution is -2.51. The Balaban J connectivity index is 1.40. The van der Waals surface area contributed by atoms with Gasteiger partial charge in [-0.1, -0.05) is 19.3 Å². The van der Waals surface area contributed by atoms with Crippen LogP contribution in [-0.4, -0.2) is 66.9 Å². The number of ether oxygens (including phenoxy) is 1. The Morgan fingerprint density at radius 2 is 1.87 bits per heavy atom. The SMILES string of the molecule is CCNC(=NCC(O)COc1ccc(F)cc1)NC1CCN(C2CCCCC2)CC1. The second-order valence-electron chi connectivity index (χ2n) is 8.38. The number of hydrogen-bond donors (Lipinski definition) is 3. The van der Waals surface area contributed by atoms with Crippen LogP contribution in [0.4, 0.5) is 4.39 Å². The molecule has 3 rings (SSSR count). The van der Waals surface area contributed by atoms with Crippen molar-refractivity contribution in [3.63, 3.8) is 0 Å². The monoisotopic (exact) mass is 420 g/mol. The number of halogens is 1. The second-order valence-corrected chi connectivity index (χ2v) is 8.38. The summed E-state index contributed by atoms with van der Waals surface area (Å²) in [6, 6.07) is 6.99. The summed E-state index contributed by atoms with van der Waals surface area (Å²) in [5, 5.41) is 17.0. The minimum absolute atomic E-state index is 0.119. The topological polar surface area (TPSA) is 69.1 Å². The van der Waals surface area contributed by atoms with Crippen molar-refractivity contribution in [1.82, 2.24) is 15.5 Å². The molecule has 3 N–H and O–H groups in total. The maximum absolute atomic E-state index is 12.9. The van der Waals surface area contributed by atoms with E-state index in [0.29, 0.717) is 11.8 Å². The number of likely N-dealkylation sites (tertiary alicyclic amines) is 1. The molecule has 0 amide bonds. The first-order valence-electron chi connectivity index (χ1n) is 11.5. The van der Waals surface area contributed by atoms with E-state index in [2.05, 4.69) is 20.5 Å². The zero-order chi connectivity index (χ0) is 21.2. The van der Waals surface area contributed by atoms with Crippen molar-refractivity contribution in [1.29, 1.82) is 0 Å². The second kappa shape index (κ2) is 12.1. The molecular formula is C23H37FN4O2. The van der Waals surface area contributed by atoms with Gasteiger partial charge in [-0.25, -0.2) is 4.39 Å². The summed E-state index contributed by atoms with van der Waals surface area (Å²) < 4.78 is 18.4. The van der Waals surface area contributed by atoms with Gasteiger partial charge in [-0.3, -0.25) is 4.99 Å². The predicted octanol–water partition coefficient (Wildman–Crippen LogP) is 2.92. The highest BCUT2D eigenvalue weighted by Gasteiger charge is 2.26. The van der Waals surface area contributed by atoms with Gasteiger partial charge in [-0.05, 0) is 56.9 Å². The van der Waals surface area contributed by atoms with Crippen molar-refractivity contribution in [2.45, 2.75) is 70.1 Å². The van der Waals surface area contributed by atoms with E-state index in [4.69, 9.17) is 4.74 Å². The zero-order valence-corrected chi connectivity index (χ0v) is 18.2. The van der Waals surface area contributed by atoms with Crippen LogP contribution in [0.2, 0.25) is 0 Å². The van der Waals surface area contributed by atoms with Crippen LogP contribution in [-0.2, 0) is 0 Å². The highest BCUT2D eigenvalue weighted by atomic mass is 19.1. The molecule has 0 radical (unpaired) electrons. The van der Waals surface area contributed by atoms with Crippen LogP contribution in [0, 0.1) is 5.82 Å². The molecule has 168 valence electrons. The third kappa shape index (κ3) is 7.43. The molecule has 1 atom stereocenters. The minimum atomic E-state index is -0.723. The molecule has 1 aliphatic carbocycles. The molecule has 7 heteroatoms. The van der Waals surface area contributed by atoms with Gasteiger partial charge in [-0.2, -0.15) is 0 Å². The Hall–Kier alpha value is -1.86. The zero-order valence-electron chi connectivity index (χ0n) is 18.2. The van der Waals surface area contributed by atoms with Gasteiger partial charge in [0.2, 0.25) is 0 Å². The Morgan fingerprint density at radius 3 is 2.53 bits per heavy atom. The van der Waals surface area contributed by atoms with Crippen molar-refractivity contribution in [2.75, 3.05) is 32.8 Å². The molecule has 1 saturated carbocycles. The standard InChI is InChI=1S/C23H37FN4O2/c1-2-25-23(26-16-21(29)17-30-22-10-8-18(24)9-11-22)27-19-12-14-28(15-13-19)20-6-4-3-5-7-20/h8-11,19-21,29H,2-7,12-17H2,1H3,(H2,25,26,27). The summed E-state index contributed by atoms with van der Waals surface area (Å²) in [6.07, 6.45) is 8.41. The van der Waals surface area contributed by atoms with E-state index < -0.39 is 6.10 Å². The van der Waals surface area contributed by atoms with Crippen molar-refractivity contribution in [2.24, 2.45) is 4.99 Å². The number of rotatable bonds is 8. The van der Waals surface area contributed by atoms with Crippen LogP contribution in [0.5, 0.6) is 5.75 Å². The molecule has 1 unspecified atom stereocenters.